The van der Waals surface area contributed by atoms with Crippen LogP contribution in [0, 0.1) is 21.4 Å². The number of urea groups is 1. The van der Waals surface area contributed by atoms with E-state index in [9.17, 15) is 24.8 Å². The number of benzene rings is 3. The summed E-state index contributed by atoms with van der Waals surface area (Å²) in [5.41, 5.74) is 4.87. The Morgan fingerprint density at radius 3 is 2.60 bits per heavy atom. The second kappa shape index (κ2) is 16.3. The second-order valence-corrected chi connectivity index (χ2v) is 11.0. The number of rotatable bonds is 14. The number of nitriles is 1. The number of hydrazone groups is 1. The molecule has 2 amide bonds. The van der Waals surface area contributed by atoms with Crippen LogP contribution in [0.4, 0.5) is 10.5 Å². The number of aliphatic hydroxyl groups is 1. The Morgan fingerprint density at radius 1 is 1.19 bits per heavy atom. The topological polar surface area (TPSA) is 207 Å². The van der Waals surface area contributed by atoms with Crippen molar-refractivity contribution < 1.29 is 38.6 Å². The molecule has 4 N–H and O–H groups in total. The fraction of sp³-hybridized carbons (Fsp3) is 0.250. The van der Waals surface area contributed by atoms with Gasteiger partial charge in [-0.25, -0.2) is 9.59 Å². The van der Waals surface area contributed by atoms with Crippen LogP contribution in [0.3, 0.4) is 0 Å². The summed E-state index contributed by atoms with van der Waals surface area (Å²) in [6, 6.07) is 15.1. The summed E-state index contributed by atoms with van der Waals surface area (Å²) in [6.45, 7) is 3.43. The van der Waals surface area contributed by atoms with Crippen molar-refractivity contribution in [3.63, 3.8) is 0 Å². The third-order valence-corrected chi connectivity index (χ3v) is 7.41. The largest absolute Gasteiger partial charge is 0.490 e. The van der Waals surface area contributed by atoms with Gasteiger partial charge in [0.15, 0.2) is 17.7 Å². The molecule has 1 aliphatic rings. The Balaban J connectivity index is 1.40. The highest BCUT2D eigenvalue weighted by atomic mass is 79.9. The first-order valence-corrected chi connectivity index (χ1v) is 15.2. The van der Waals surface area contributed by atoms with E-state index >= 15 is 0 Å². The standard InChI is InChI=1S/C32H31BrN6O9/c1-4-46-26-13-22(29-28(31(41)45-3)18(2)36-32(42)37-29)9-10-25(26)47-17-27(40)38-35-15-21-11-23(33)30(24(12-21)39(43)44)48-16-20-7-5-19(14-34)6-8-20/h5-13,15,27,29,38,40H,4,16-17H2,1-3H3,(H2,36,37,42)/b35-15+/t27-,29-/m0/s1. The Kier molecular flexibility index (Phi) is 11.9. The van der Waals surface area contributed by atoms with Crippen LogP contribution < -0.4 is 30.3 Å². The number of amides is 2. The Morgan fingerprint density at radius 2 is 1.94 bits per heavy atom. The summed E-state index contributed by atoms with van der Waals surface area (Å²) in [4.78, 5) is 35.8. The lowest BCUT2D eigenvalue weighted by molar-refractivity contribution is -0.386. The van der Waals surface area contributed by atoms with E-state index in [-0.39, 0.29) is 42.6 Å². The zero-order valence-corrected chi connectivity index (χ0v) is 27.6. The number of nitro benzene ring substituents is 1. The van der Waals surface area contributed by atoms with Crippen molar-refractivity contribution >= 4 is 39.8 Å². The number of nitrogens with one attached hydrogen (secondary N) is 3. The number of carbonyl (C=O) groups excluding carboxylic acids is 2. The summed E-state index contributed by atoms with van der Waals surface area (Å²) < 4.78 is 22.4. The summed E-state index contributed by atoms with van der Waals surface area (Å²) in [5.74, 6) is -0.000588. The smallest absolute Gasteiger partial charge is 0.337 e. The first-order chi connectivity index (χ1) is 23.0. The van der Waals surface area contributed by atoms with Gasteiger partial charge >= 0.3 is 17.7 Å². The molecule has 15 nitrogen and oxygen atoms in total. The van der Waals surface area contributed by atoms with E-state index in [2.05, 4.69) is 37.1 Å². The third-order valence-electron chi connectivity index (χ3n) is 6.82. The fourth-order valence-corrected chi connectivity index (χ4v) is 5.19. The average molecular weight is 724 g/mol. The number of hydrogen-bond donors (Lipinski definition) is 4. The van der Waals surface area contributed by atoms with Crippen molar-refractivity contribution in [2.45, 2.75) is 32.7 Å². The summed E-state index contributed by atoms with van der Waals surface area (Å²) in [6.07, 6.45) is -0.00266. The minimum atomic E-state index is -1.29. The van der Waals surface area contributed by atoms with Crippen LogP contribution in [0.2, 0.25) is 0 Å². The molecule has 0 saturated heterocycles. The maximum absolute atomic E-state index is 12.5. The van der Waals surface area contributed by atoms with Gasteiger partial charge in [-0.15, -0.1) is 0 Å². The molecule has 0 bridgehead atoms. The second-order valence-electron chi connectivity index (χ2n) is 10.1. The van der Waals surface area contributed by atoms with Crippen molar-refractivity contribution in [3.8, 4) is 23.3 Å². The Labute approximate surface area is 283 Å². The molecular weight excluding hydrogens is 692 g/mol. The van der Waals surface area contributed by atoms with E-state index in [1.807, 2.05) is 6.07 Å². The zero-order chi connectivity index (χ0) is 34.8. The number of hydrogen-bond acceptors (Lipinski definition) is 12. The van der Waals surface area contributed by atoms with Crippen LogP contribution in [0.1, 0.15) is 42.1 Å². The molecule has 4 rings (SSSR count). The molecule has 0 aromatic heterocycles. The number of carbonyl (C=O) groups is 2. The van der Waals surface area contributed by atoms with E-state index in [0.717, 1.165) is 5.56 Å². The maximum atomic E-state index is 12.5. The first-order valence-electron chi connectivity index (χ1n) is 14.4. The highest BCUT2D eigenvalue weighted by Crippen LogP contribution is 2.37. The van der Waals surface area contributed by atoms with E-state index in [1.54, 1.807) is 62.4 Å². The molecule has 0 unspecified atom stereocenters. The Hall–Kier alpha value is -5.66. The van der Waals surface area contributed by atoms with Crippen LogP contribution in [-0.2, 0) is 16.1 Å². The Bertz CT molecular complexity index is 1790. The fourth-order valence-electron chi connectivity index (χ4n) is 4.60. The average Bonchev–Trinajstić information content (AvgIpc) is 3.06. The van der Waals surface area contributed by atoms with Gasteiger partial charge in [-0.3, -0.25) is 15.5 Å². The van der Waals surface area contributed by atoms with Gasteiger partial charge in [-0.1, -0.05) is 18.2 Å². The van der Waals surface area contributed by atoms with Crippen LogP contribution in [0.15, 0.2) is 75.4 Å². The highest BCUT2D eigenvalue weighted by Gasteiger charge is 2.32. The molecule has 250 valence electrons. The van der Waals surface area contributed by atoms with Crippen molar-refractivity contribution in [1.82, 2.24) is 16.1 Å². The molecule has 48 heavy (non-hydrogen) atoms. The predicted octanol–water partition coefficient (Wildman–Crippen LogP) is 4.33. The number of ether oxygens (including phenoxy) is 4. The van der Waals surface area contributed by atoms with Gasteiger partial charge in [-0.05, 0) is 71.2 Å². The SMILES string of the molecule is CCOc1cc([C@@H]2NC(=O)NC(C)=C2C(=O)OC)ccc1OC[C@H](O)N/N=C/c1cc(Br)c(OCc2ccc(C#N)cc2)c([N+](=O)[O-])c1. The molecule has 16 heteroatoms. The summed E-state index contributed by atoms with van der Waals surface area (Å²) in [5, 5.41) is 40.4. The summed E-state index contributed by atoms with van der Waals surface area (Å²) in [7, 11) is 1.25. The lowest BCUT2D eigenvalue weighted by Crippen LogP contribution is -2.45. The number of aliphatic hydroxyl groups excluding tert-OH is 1. The van der Waals surface area contributed by atoms with E-state index in [0.29, 0.717) is 32.6 Å². The van der Waals surface area contributed by atoms with Gasteiger partial charge in [-0.2, -0.15) is 10.4 Å². The molecule has 0 radical (unpaired) electrons. The van der Waals surface area contributed by atoms with Crippen molar-refractivity contribution in [2.24, 2.45) is 5.10 Å². The van der Waals surface area contributed by atoms with Gasteiger partial charge in [0.25, 0.3) is 0 Å². The van der Waals surface area contributed by atoms with Gasteiger partial charge in [0.1, 0.15) is 13.2 Å². The molecular formula is C32H31BrN6O9. The molecule has 3 aromatic rings. The van der Waals surface area contributed by atoms with Crippen LogP contribution in [0.5, 0.6) is 17.2 Å². The lowest BCUT2D eigenvalue weighted by atomic mass is 9.95. The number of halogens is 1. The molecule has 0 aliphatic carbocycles. The highest BCUT2D eigenvalue weighted by molar-refractivity contribution is 9.10. The van der Waals surface area contributed by atoms with E-state index in [4.69, 9.17) is 24.2 Å². The van der Waals surface area contributed by atoms with Gasteiger partial charge in [0, 0.05) is 17.3 Å². The quantitative estimate of drug-likeness (QED) is 0.0606. The molecule has 1 heterocycles. The minimum absolute atomic E-state index is 0.0224. The zero-order valence-electron chi connectivity index (χ0n) is 26.0. The minimum Gasteiger partial charge on any atom is -0.490 e. The number of allylic oxidation sites excluding steroid dienone is 1. The van der Waals surface area contributed by atoms with E-state index < -0.39 is 29.2 Å². The molecule has 0 spiro atoms. The first kappa shape index (κ1) is 35.2. The predicted molar refractivity (Wildman–Crippen MR) is 175 cm³/mol. The van der Waals surface area contributed by atoms with Crippen LogP contribution in [0.25, 0.3) is 0 Å². The lowest BCUT2D eigenvalue weighted by Gasteiger charge is -2.28. The number of methoxy groups -OCH3 is 1. The number of esters is 1. The number of nitrogens with zero attached hydrogens (tertiary/aromatic N) is 3. The van der Waals surface area contributed by atoms with E-state index in [1.165, 1.54) is 19.4 Å². The van der Waals surface area contributed by atoms with Crippen molar-refractivity contribution in [3.05, 3.63) is 103 Å². The maximum Gasteiger partial charge on any atom is 0.337 e. The van der Waals surface area contributed by atoms with Crippen molar-refractivity contribution in [1.29, 1.82) is 5.26 Å². The third kappa shape index (κ3) is 8.78. The molecule has 2 atom stereocenters. The van der Waals surface area contributed by atoms with Crippen LogP contribution in [-0.4, -0.2) is 54.8 Å². The molecule has 1 aliphatic heterocycles. The summed E-state index contributed by atoms with van der Waals surface area (Å²) >= 11 is 3.32. The molecule has 0 fully saturated rings. The van der Waals surface area contributed by atoms with Gasteiger partial charge in [0.05, 0.1) is 52.6 Å². The normalized spacial score (nSPS) is 14.8. The van der Waals surface area contributed by atoms with Gasteiger partial charge < -0.3 is 34.7 Å². The number of nitro groups is 1. The monoisotopic (exact) mass is 722 g/mol. The van der Waals surface area contributed by atoms with Gasteiger partial charge in [0.2, 0.25) is 5.75 Å². The van der Waals surface area contributed by atoms with Crippen LogP contribution >= 0.6 is 15.9 Å². The molecule has 3 aromatic carbocycles. The van der Waals surface area contributed by atoms with Crippen molar-refractivity contribution in [2.75, 3.05) is 20.3 Å². The molecule has 0 saturated carbocycles.